The lowest BCUT2D eigenvalue weighted by Crippen LogP contribution is -2.08. The van der Waals surface area contributed by atoms with Gasteiger partial charge < -0.3 is 4.84 Å². The molecule has 0 saturated carbocycles. The summed E-state index contributed by atoms with van der Waals surface area (Å²) in [6.07, 6.45) is 7.02. The molecule has 0 amide bonds. The normalized spacial score (nSPS) is 19.0. The van der Waals surface area contributed by atoms with Crippen LogP contribution in [0.3, 0.4) is 0 Å². The maximum atomic E-state index is 5.09. The summed E-state index contributed by atoms with van der Waals surface area (Å²) >= 11 is 0. The van der Waals surface area contributed by atoms with Gasteiger partial charge in [-0.2, -0.15) is 5.48 Å². The zero-order valence-corrected chi connectivity index (χ0v) is 5.81. The molecular weight excluding hydrogens is 114 g/mol. The Morgan fingerprint density at radius 1 is 1.56 bits per heavy atom. The van der Waals surface area contributed by atoms with Crippen molar-refractivity contribution < 1.29 is 4.84 Å². The summed E-state index contributed by atoms with van der Waals surface area (Å²) in [5, 5.41) is 0. The Morgan fingerprint density at radius 2 is 2.44 bits per heavy atom. The Kier molecular flexibility index (Phi) is 2.58. The van der Waals surface area contributed by atoms with Gasteiger partial charge in [-0.05, 0) is 25.3 Å². The van der Waals surface area contributed by atoms with Crippen LogP contribution in [0.1, 0.15) is 25.7 Å². The maximum Gasteiger partial charge on any atom is 0.120 e. The van der Waals surface area contributed by atoms with Crippen LogP contribution in [0.25, 0.3) is 0 Å². The molecule has 0 bridgehead atoms. The molecule has 1 N–H and O–H groups in total. The van der Waals surface area contributed by atoms with Gasteiger partial charge in [0.05, 0.1) is 0 Å². The van der Waals surface area contributed by atoms with Gasteiger partial charge in [0.2, 0.25) is 0 Å². The molecule has 1 rings (SSSR count). The van der Waals surface area contributed by atoms with E-state index in [2.05, 4.69) is 11.6 Å². The highest BCUT2D eigenvalue weighted by molar-refractivity contribution is 4.95. The van der Waals surface area contributed by atoms with Crippen LogP contribution in [-0.4, -0.2) is 7.05 Å². The SMILES string of the molecule is CNOC1=CCCCC1. The second kappa shape index (κ2) is 3.51. The average molecular weight is 127 g/mol. The third-order valence-electron chi connectivity index (χ3n) is 1.48. The van der Waals surface area contributed by atoms with Crippen LogP contribution >= 0.6 is 0 Å². The van der Waals surface area contributed by atoms with Gasteiger partial charge >= 0.3 is 0 Å². The van der Waals surface area contributed by atoms with E-state index in [1.54, 1.807) is 7.05 Å². The van der Waals surface area contributed by atoms with Crippen LogP contribution in [0.5, 0.6) is 0 Å². The number of rotatable bonds is 2. The summed E-state index contributed by atoms with van der Waals surface area (Å²) in [5.41, 5.74) is 2.67. The van der Waals surface area contributed by atoms with Gasteiger partial charge in [0, 0.05) is 13.5 Å². The van der Waals surface area contributed by atoms with Crippen LogP contribution in [0, 0.1) is 0 Å². The first-order chi connectivity index (χ1) is 4.43. The van der Waals surface area contributed by atoms with Crippen molar-refractivity contribution in [2.45, 2.75) is 25.7 Å². The Labute approximate surface area is 55.9 Å². The van der Waals surface area contributed by atoms with E-state index < -0.39 is 0 Å². The van der Waals surface area contributed by atoms with Gasteiger partial charge in [-0.3, -0.25) is 0 Å². The van der Waals surface area contributed by atoms with Gasteiger partial charge in [-0.15, -0.1) is 0 Å². The molecule has 0 aromatic carbocycles. The molecule has 0 aliphatic heterocycles. The molecule has 2 nitrogen and oxygen atoms in total. The van der Waals surface area contributed by atoms with Gasteiger partial charge in [-0.25, -0.2) is 0 Å². The third-order valence-corrected chi connectivity index (χ3v) is 1.48. The summed E-state index contributed by atoms with van der Waals surface area (Å²) in [6.45, 7) is 0. The molecule has 0 aromatic heterocycles. The zero-order valence-electron chi connectivity index (χ0n) is 5.81. The summed E-state index contributed by atoms with van der Waals surface area (Å²) in [4.78, 5) is 5.09. The quantitative estimate of drug-likeness (QED) is 0.569. The van der Waals surface area contributed by atoms with Crippen molar-refractivity contribution in [2.75, 3.05) is 7.05 Å². The fraction of sp³-hybridized carbons (Fsp3) is 0.714. The van der Waals surface area contributed by atoms with E-state index in [9.17, 15) is 0 Å². The minimum Gasteiger partial charge on any atom is -0.414 e. The Bertz CT molecular complexity index is 109. The molecule has 0 fully saturated rings. The van der Waals surface area contributed by atoms with Gasteiger partial charge in [-0.1, -0.05) is 0 Å². The van der Waals surface area contributed by atoms with Crippen molar-refractivity contribution in [2.24, 2.45) is 0 Å². The lowest BCUT2D eigenvalue weighted by molar-refractivity contribution is 0.114. The number of hydroxylamine groups is 1. The molecule has 0 spiro atoms. The molecule has 0 saturated heterocycles. The summed E-state index contributed by atoms with van der Waals surface area (Å²) in [7, 11) is 1.79. The van der Waals surface area contributed by atoms with E-state index in [4.69, 9.17) is 4.84 Å². The zero-order chi connectivity index (χ0) is 6.53. The van der Waals surface area contributed by atoms with Crippen molar-refractivity contribution >= 4 is 0 Å². The van der Waals surface area contributed by atoms with Gasteiger partial charge in [0.1, 0.15) is 5.76 Å². The molecule has 0 aromatic rings. The summed E-state index contributed by atoms with van der Waals surface area (Å²) < 4.78 is 0. The van der Waals surface area contributed by atoms with Gasteiger partial charge in [0.25, 0.3) is 0 Å². The van der Waals surface area contributed by atoms with Gasteiger partial charge in [0.15, 0.2) is 0 Å². The van der Waals surface area contributed by atoms with Crippen molar-refractivity contribution in [1.29, 1.82) is 0 Å². The molecule has 0 atom stereocenters. The fourth-order valence-electron chi connectivity index (χ4n) is 1.03. The molecule has 0 radical (unpaired) electrons. The first-order valence-corrected chi connectivity index (χ1v) is 3.46. The molecular formula is C7H13NO. The summed E-state index contributed by atoms with van der Waals surface area (Å²) in [6, 6.07) is 0. The second-order valence-corrected chi connectivity index (χ2v) is 2.22. The van der Waals surface area contributed by atoms with Crippen LogP contribution in [0.15, 0.2) is 11.8 Å². The smallest absolute Gasteiger partial charge is 0.120 e. The van der Waals surface area contributed by atoms with E-state index in [0.29, 0.717) is 0 Å². The average Bonchev–Trinajstić information content (AvgIpc) is 1.91. The minimum atomic E-state index is 1.10. The predicted molar refractivity (Wildman–Crippen MR) is 36.7 cm³/mol. The first kappa shape index (κ1) is 6.62. The lowest BCUT2D eigenvalue weighted by atomic mass is 10.1. The topological polar surface area (TPSA) is 21.3 Å². The number of hydrogen-bond donors (Lipinski definition) is 1. The Balaban J connectivity index is 2.28. The molecule has 1 aliphatic rings. The van der Waals surface area contributed by atoms with Crippen LogP contribution < -0.4 is 5.48 Å². The highest BCUT2D eigenvalue weighted by Gasteiger charge is 2.02. The molecule has 0 unspecified atom stereocenters. The van der Waals surface area contributed by atoms with Crippen LogP contribution in [0.4, 0.5) is 0 Å². The monoisotopic (exact) mass is 127 g/mol. The van der Waals surface area contributed by atoms with Crippen LogP contribution in [-0.2, 0) is 4.84 Å². The molecule has 52 valence electrons. The van der Waals surface area contributed by atoms with E-state index in [-0.39, 0.29) is 0 Å². The Morgan fingerprint density at radius 3 is 3.00 bits per heavy atom. The standard InChI is InChI=1S/C7H13NO/c1-8-9-7-5-3-2-4-6-7/h5,8H,2-4,6H2,1H3. The fourth-order valence-corrected chi connectivity index (χ4v) is 1.03. The summed E-state index contributed by atoms with van der Waals surface area (Å²) in [5.74, 6) is 1.10. The number of hydrogen-bond acceptors (Lipinski definition) is 2. The third kappa shape index (κ3) is 2.06. The maximum absolute atomic E-state index is 5.09. The highest BCUT2D eigenvalue weighted by Crippen LogP contribution is 2.16. The van der Waals surface area contributed by atoms with Crippen LogP contribution in [0.2, 0.25) is 0 Å². The highest BCUT2D eigenvalue weighted by atomic mass is 16.6. The second-order valence-electron chi connectivity index (χ2n) is 2.22. The molecule has 9 heavy (non-hydrogen) atoms. The first-order valence-electron chi connectivity index (χ1n) is 3.46. The van der Waals surface area contributed by atoms with Crippen molar-refractivity contribution in [1.82, 2.24) is 5.48 Å². The number of nitrogens with one attached hydrogen (secondary N) is 1. The molecule has 2 heteroatoms. The lowest BCUT2D eigenvalue weighted by Gasteiger charge is -2.11. The largest absolute Gasteiger partial charge is 0.414 e. The molecule has 1 aliphatic carbocycles. The van der Waals surface area contributed by atoms with E-state index in [0.717, 1.165) is 12.2 Å². The van der Waals surface area contributed by atoms with Crippen molar-refractivity contribution in [3.05, 3.63) is 11.8 Å². The number of allylic oxidation sites excluding steroid dienone is 2. The molecule has 0 heterocycles. The van der Waals surface area contributed by atoms with E-state index in [1.165, 1.54) is 19.3 Å². The van der Waals surface area contributed by atoms with Crippen molar-refractivity contribution in [3.63, 3.8) is 0 Å². The van der Waals surface area contributed by atoms with E-state index in [1.807, 2.05) is 0 Å². The van der Waals surface area contributed by atoms with Crippen molar-refractivity contribution in [3.8, 4) is 0 Å². The predicted octanol–water partition coefficient (Wildman–Crippen LogP) is 1.60. The minimum absolute atomic E-state index is 1.10. The van der Waals surface area contributed by atoms with E-state index >= 15 is 0 Å². The Hall–Kier alpha value is -0.500.